The molecular weight excluding hydrogens is 252 g/mol. The van der Waals surface area contributed by atoms with E-state index in [0.717, 1.165) is 33.6 Å². The molecule has 1 aromatic carbocycles. The number of aromatic amines is 1. The second kappa shape index (κ2) is 5.42. The molecule has 0 saturated heterocycles. The van der Waals surface area contributed by atoms with E-state index in [1.165, 1.54) is 0 Å². The molecule has 4 nitrogen and oxygen atoms in total. The third kappa shape index (κ3) is 2.66. The summed E-state index contributed by atoms with van der Waals surface area (Å²) in [5.41, 5.74) is 2.98. The van der Waals surface area contributed by atoms with Gasteiger partial charge in [0.15, 0.2) is 0 Å². The van der Waals surface area contributed by atoms with Gasteiger partial charge in [-0.05, 0) is 30.2 Å². The van der Waals surface area contributed by atoms with Gasteiger partial charge >= 0.3 is 0 Å². The summed E-state index contributed by atoms with van der Waals surface area (Å²) in [6, 6.07) is 5.89. The third-order valence-corrected chi connectivity index (χ3v) is 3.20. The average molecular weight is 267 g/mol. The van der Waals surface area contributed by atoms with Crippen molar-refractivity contribution < 1.29 is 9.90 Å². The number of aromatic nitrogens is 1. The Hall–Kier alpha value is -1.52. The molecule has 1 amide bonds. The number of fused-ring (bicyclic) bond motifs is 1. The molecule has 0 aliphatic carbocycles. The lowest BCUT2D eigenvalue weighted by molar-refractivity contribution is -0.123. The standard InChI is InChI=1S/C13H15ClN2O2/c1-2-8-5-12-9(4-11(8)14)3-10(16-12)6-15-13(18)7-17/h3-5,16-17H,2,6-7H2,1H3,(H,15,18). The van der Waals surface area contributed by atoms with Gasteiger partial charge in [-0.25, -0.2) is 0 Å². The van der Waals surface area contributed by atoms with E-state index in [1.54, 1.807) is 0 Å². The minimum atomic E-state index is -0.494. The van der Waals surface area contributed by atoms with Crippen LogP contribution in [-0.4, -0.2) is 22.6 Å². The monoisotopic (exact) mass is 266 g/mol. The van der Waals surface area contributed by atoms with Crippen molar-refractivity contribution in [3.63, 3.8) is 0 Å². The molecule has 0 radical (unpaired) electrons. The van der Waals surface area contributed by atoms with Crippen LogP contribution in [0.15, 0.2) is 18.2 Å². The lowest BCUT2D eigenvalue weighted by atomic mass is 10.1. The summed E-state index contributed by atoms with van der Waals surface area (Å²) in [5, 5.41) is 13.0. The van der Waals surface area contributed by atoms with Gasteiger partial charge in [-0.3, -0.25) is 4.79 Å². The van der Waals surface area contributed by atoms with E-state index in [1.807, 2.05) is 18.2 Å². The zero-order valence-electron chi connectivity index (χ0n) is 10.1. The second-order valence-electron chi connectivity index (χ2n) is 4.11. The summed E-state index contributed by atoms with van der Waals surface area (Å²) >= 11 is 6.15. The number of halogens is 1. The maximum absolute atomic E-state index is 11.0. The first kappa shape index (κ1) is 12.9. The van der Waals surface area contributed by atoms with E-state index in [9.17, 15) is 4.79 Å². The van der Waals surface area contributed by atoms with E-state index in [0.29, 0.717) is 6.54 Å². The quantitative estimate of drug-likeness (QED) is 0.792. The molecule has 0 fully saturated rings. The predicted octanol–water partition coefficient (Wildman–Crippen LogP) is 1.99. The molecule has 2 rings (SSSR count). The number of rotatable bonds is 4. The highest BCUT2D eigenvalue weighted by Crippen LogP contribution is 2.25. The Balaban J connectivity index is 2.24. The van der Waals surface area contributed by atoms with Crippen molar-refractivity contribution in [1.82, 2.24) is 10.3 Å². The molecule has 0 saturated carbocycles. The van der Waals surface area contributed by atoms with Crippen LogP contribution >= 0.6 is 11.6 Å². The van der Waals surface area contributed by atoms with Crippen LogP contribution in [0.3, 0.4) is 0 Å². The number of aliphatic hydroxyl groups excluding tert-OH is 1. The van der Waals surface area contributed by atoms with Gasteiger partial charge in [0, 0.05) is 21.6 Å². The van der Waals surface area contributed by atoms with Crippen LogP contribution in [0.4, 0.5) is 0 Å². The Bertz CT molecular complexity index is 578. The van der Waals surface area contributed by atoms with Crippen molar-refractivity contribution in [1.29, 1.82) is 0 Å². The zero-order chi connectivity index (χ0) is 13.1. The molecule has 0 atom stereocenters. The fourth-order valence-corrected chi connectivity index (χ4v) is 2.18. The first-order valence-corrected chi connectivity index (χ1v) is 6.19. The van der Waals surface area contributed by atoms with Crippen molar-refractivity contribution in [2.24, 2.45) is 0 Å². The lowest BCUT2D eigenvalue weighted by Crippen LogP contribution is -2.25. The highest BCUT2D eigenvalue weighted by atomic mass is 35.5. The predicted molar refractivity (Wildman–Crippen MR) is 71.6 cm³/mol. The molecule has 0 bridgehead atoms. The number of carbonyl (C=O) groups is 1. The largest absolute Gasteiger partial charge is 0.387 e. The molecule has 0 aliphatic heterocycles. The molecular formula is C13H15ClN2O2. The molecule has 0 aliphatic rings. The molecule has 0 unspecified atom stereocenters. The Labute approximate surface area is 110 Å². The Kier molecular flexibility index (Phi) is 3.89. The van der Waals surface area contributed by atoms with Crippen LogP contribution < -0.4 is 5.32 Å². The van der Waals surface area contributed by atoms with Crippen LogP contribution in [0, 0.1) is 0 Å². The van der Waals surface area contributed by atoms with Gasteiger partial charge in [0.1, 0.15) is 6.61 Å². The molecule has 5 heteroatoms. The summed E-state index contributed by atoms with van der Waals surface area (Å²) in [5.74, 6) is -0.388. The van der Waals surface area contributed by atoms with Crippen molar-refractivity contribution in [3.8, 4) is 0 Å². The van der Waals surface area contributed by atoms with Gasteiger partial charge in [0.05, 0.1) is 6.54 Å². The molecule has 2 aromatic rings. The third-order valence-electron chi connectivity index (χ3n) is 2.84. The average Bonchev–Trinajstić information content (AvgIpc) is 2.76. The van der Waals surface area contributed by atoms with Crippen LogP contribution in [0.5, 0.6) is 0 Å². The Morgan fingerprint density at radius 3 is 2.89 bits per heavy atom. The summed E-state index contributed by atoms with van der Waals surface area (Å²) in [7, 11) is 0. The summed E-state index contributed by atoms with van der Waals surface area (Å²) in [4.78, 5) is 14.2. The van der Waals surface area contributed by atoms with Gasteiger partial charge in [-0.1, -0.05) is 18.5 Å². The molecule has 3 N–H and O–H groups in total. The number of aliphatic hydroxyl groups is 1. The number of aryl methyl sites for hydroxylation is 1. The molecule has 18 heavy (non-hydrogen) atoms. The maximum atomic E-state index is 11.0. The number of amides is 1. The van der Waals surface area contributed by atoms with Crippen LogP contribution in [0.2, 0.25) is 5.02 Å². The summed E-state index contributed by atoms with van der Waals surface area (Å²) in [6.45, 7) is 1.93. The normalized spacial score (nSPS) is 10.8. The van der Waals surface area contributed by atoms with E-state index in [2.05, 4.69) is 17.2 Å². The van der Waals surface area contributed by atoms with Gasteiger partial charge in [-0.2, -0.15) is 0 Å². The number of hydrogen-bond acceptors (Lipinski definition) is 2. The molecule has 96 valence electrons. The maximum Gasteiger partial charge on any atom is 0.246 e. The van der Waals surface area contributed by atoms with Crippen molar-refractivity contribution in [2.45, 2.75) is 19.9 Å². The number of hydrogen-bond donors (Lipinski definition) is 3. The summed E-state index contributed by atoms with van der Waals surface area (Å²) < 4.78 is 0. The van der Waals surface area contributed by atoms with Gasteiger partial charge in [0.2, 0.25) is 5.91 Å². The van der Waals surface area contributed by atoms with Crippen molar-refractivity contribution >= 4 is 28.4 Å². The SMILES string of the molecule is CCc1cc2[nH]c(CNC(=O)CO)cc2cc1Cl. The fraction of sp³-hybridized carbons (Fsp3) is 0.308. The van der Waals surface area contributed by atoms with Crippen LogP contribution in [0.1, 0.15) is 18.2 Å². The van der Waals surface area contributed by atoms with Crippen LogP contribution in [-0.2, 0) is 17.8 Å². The van der Waals surface area contributed by atoms with Gasteiger partial charge < -0.3 is 15.4 Å². The van der Waals surface area contributed by atoms with E-state index in [-0.39, 0.29) is 5.91 Å². The van der Waals surface area contributed by atoms with Crippen LogP contribution in [0.25, 0.3) is 10.9 Å². The van der Waals surface area contributed by atoms with Crippen molar-refractivity contribution in [3.05, 3.63) is 34.5 Å². The van der Waals surface area contributed by atoms with E-state index in [4.69, 9.17) is 16.7 Å². The topological polar surface area (TPSA) is 65.1 Å². The van der Waals surface area contributed by atoms with Crippen molar-refractivity contribution in [2.75, 3.05) is 6.61 Å². The number of carbonyl (C=O) groups excluding carboxylic acids is 1. The Morgan fingerprint density at radius 2 is 2.22 bits per heavy atom. The first-order chi connectivity index (χ1) is 8.63. The molecule has 1 heterocycles. The number of nitrogens with one attached hydrogen (secondary N) is 2. The Morgan fingerprint density at radius 1 is 1.44 bits per heavy atom. The van der Waals surface area contributed by atoms with Gasteiger partial charge in [0.25, 0.3) is 0 Å². The smallest absolute Gasteiger partial charge is 0.246 e. The molecule has 0 spiro atoms. The van der Waals surface area contributed by atoms with E-state index >= 15 is 0 Å². The zero-order valence-corrected chi connectivity index (χ0v) is 10.8. The summed E-state index contributed by atoms with van der Waals surface area (Å²) in [6.07, 6.45) is 0.879. The number of H-pyrrole nitrogens is 1. The number of benzene rings is 1. The first-order valence-electron chi connectivity index (χ1n) is 5.81. The highest BCUT2D eigenvalue weighted by Gasteiger charge is 2.06. The van der Waals surface area contributed by atoms with Gasteiger partial charge in [-0.15, -0.1) is 0 Å². The highest BCUT2D eigenvalue weighted by molar-refractivity contribution is 6.32. The van der Waals surface area contributed by atoms with E-state index < -0.39 is 6.61 Å². The molecule has 1 aromatic heterocycles. The minimum Gasteiger partial charge on any atom is -0.387 e. The minimum absolute atomic E-state index is 0.368. The lowest BCUT2D eigenvalue weighted by Gasteiger charge is -2.00. The fourth-order valence-electron chi connectivity index (χ4n) is 1.87. The second-order valence-corrected chi connectivity index (χ2v) is 4.52.